The van der Waals surface area contributed by atoms with Crippen LogP contribution in [0.2, 0.25) is 0 Å². The lowest BCUT2D eigenvalue weighted by atomic mass is 10.1. The predicted octanol–water partition coefficient (Wildman–Crippen LogP) is 3.29. The molecule has 33 heavy (non-hydrogen) atoms. The van der Waals surface area contributed by atoms with E-state index < -0.39 is 0 Å². The molecule has 1 aliphatic heterocycles. The van der Waals surface area contributed by atoms with E-state index in [9.17, 15) is 9.59 Å². The molecule has 0 radical (unpaired) electrons. The van der Waals surface area contributed by atoms with E-state index in [1.165, 1.54) is 4.68 Å². The lowest BCUT2D eigenvalue weighted by Crippen LogP contribution is -2.50. The van der Waals surface area contributed by atoms with E-state index in [4.69, 9.17) is 4.98 Å². The SMILES string of the molecule is CC.CCn1nc(C(=O)N2CCN(c3nc4ccccc4n3C)CC2)c2ccccc2c1=O. The summed E-state index contributed by atoms with van der Waals surface area (Å²) in [6.45, 7) is 8.80. The largest absolute Gasteiger partial charge is 0.339 e. The number of fused-ring (bicyclic) bond motifs is 2. The number of hydrogen-bond acceptors (Lipinski definition) is 5. The second-order valence-corrected chi connectivity index (χ2v) is 7.75. The van der Waals surface area contributed by atoms with Crippen LogP contribution < -0.4 is 10.5 Å². The highest BCUT2D eigenvalue weighted by molar-refractivity contribution is 6.04. The van der Waals surface area contributed by atoms with Gasteiger partial charge in [-0.25, -0.2) is 9.67 Å². The first-order chi connectivity index (χ1) is 16.1. The van der Waals surface area contributed by atoms with Crippen LogP contribution in [0, 0.1) is 0 Å². The molecule has 8 nitrogen and oxygen atoms in total. The van der Waals surface area contributed by atoms with E-state index in [0.29, 0.717) is 49.2 Å². The highest BCUT2D eigenvalue weighted by Gasteiger charge is 2.27. The van der Waals surface area contributed by atoms with Gasteiger partial charge in [0.05, 0.1) is 16.4 Å². The van der Waals surface area contributed by atoms with Gasteiger partial charge in [0.2, 0.25) is 5.95 Å². The Morgan fingerprint density at radius 3 is 2.24 bits per heavy atom. The quantitative estimate of drug-likeness (QED) is 0.483. The van der Waals surface area contributed by atoms with Gasteiger partial charge >= 0.3 is 0 Å². The predicted molar refractivity (Wildman–Crippen MR) is 132 cm³/mol. The van der Waals surface area contributed by atoms with E-state index in [2.05, 4.69) is 20.6 Å². The monoisotopic (exact) mass is 446 g/mol. The Bertz CT molecular complexity index is 1350. The molecule has 2 aromatic heterocycles. The maximum absolute atomic E-state index is 13.4. The number of aryl methyl sites for hydroxylation is 2. The van der Waals surface area contributed by atoms with E-state index in [0.717, 1.165) is 17.0 Å². The molecular formula is C25H30N6O2. The van der Waals surface area contributed by atoms with Crippen LogP contribution in [0.1, 0.15) is 31.3 Å². The molecule has 8 heteroatoms. The number of nitrogens with zero attached hydrogens (tertiary/aromatic N) is 6. The Morgan fingerprint density at radius 2 is 1.58 bits per heavy atom. The third kappa shape index (κ3) is 3.97. The molecule has 0 saturated carbocycles. The number of imidazole rings is 1. The van der Waals surface area contributed by atoms with Crippen molar-refractivity contribution in [2.75, 3.05) is 31.1 Å². The van der Waals surface area contributed by atoms with Crippen LogP contribution >= 0.6 is 0 Å². The number of carbonyl (C=O) groups is 1. The number of anilines is 1. The van der Waals surface area contributed by atoms with Crippen LogP contribution in [0.15, 0.2) is 53.3 Å². The minimum Gasteiger partial charge on any atom is -0.339 e. The first-order valence-electron chi connectivity index (χ1n) is 11.5. The van der Waals surface area contributed by atoms with Gasteiger partial charge in [-0.2, -0.15) is 5.10 Å². The molecule has 1 amide bonds. The topological polar surface area (TPSA) is 76.3 Å². The lowest BCUT2D eigenvalue weighted by molar-refractivity contribution is 0.0739. The molecule has 2 aromatic carbocycles. The Hall–Kier alpha value is -3.68. The van der Waals surface area contributed by atoms with Crippen molar-refractivity contribution in [1.82, 2.24) is 24.2 Å². The lowest BCUT2D eigenvalue weighted by Gasteiger charge is -2.35. The highest BCUT2D eigenvalue weighted by atomic mass is 16.2. The van der Waals surface area contributed by atoms with Gasteiger partial charge in [0.15, 0.2) is 5.69 Å². The summed E-state index contributed by atoms with van der Waals surface area (Å²) in [5, 5.41) is 5.54. The molecule has 0 atom stereocenters. The molecular weight excluding hydrogens is 416 g/mol. The van der Waals surface area contributed by atoms with Gasteiger partial charge in [-0.15, -0.1) is 0 Å². The van der Waals surface area contributed by atoms with Crippen molar-refractivity contribution in [3.05, 3.63) is 64.6 Å². The van der Waals surface area contributed by atoms with Gasteiger partial charge in [0.1, 0.15) is 0 Å². The van der Waals surface area contributed by atoms with E-state index >= 15 is 0 Å². The van der Waals surface area contributed by atoms with Crippen LogP contribution in [0.25, 0.3) is 21.8 Å². The van der Waals surface area contributed by atoms with Crippen molar-refractivity contribution in [1.29, 1.82) is 0 Å². The van der Waals surface area contributed by atoms with E-state index in [1.54, 1.807) is 12.1 Å². The summed E-state index contributed by atoms with van der Waals surface area (Å²) in [6, 6.07) is 15.3. The number of hydrogen-bond donors (Lipinski definition) is 0. The van der Waals surface area contributed by atoms with Gasteiger partial charge < -0.3 is 14.4 Å². The summed E-state index contributed by atoms with van der Waals surface area (Å²) in [4.78, 5) is 34.7. The molecule has 0 bridgehead atoms. The zero-order valence-electron chi connectivity index (χ0n) is 19.7. The average Bonchev–Trinajstić information content (AvgIpc) is 3.22. The number of para-hydroxylation sites is 2. The minimum atomic E-state index is -0.165. The van der Waals surface area contributed by atoms with Crippen molar-refractivity contribution in [2.45, 2.75) is 27.3 Å². The summed E-state index contributed by atoms with van der Waals surface area (Å²) in [5.41, 5.74) is 2.24. The Balaban J connectivity index is 0.00000126. The zero-order valence-corrected chi connectivity index (χ0v) is 19.7. The summed E-state index contributed by atoms with van der Waals surface area (Å²) < 4.78 is 3.46. The molecule has 4 aromatic rings. The van der Waals surface area contributed by atoms with Crippen LogP contribution in [0.5, 0.6) is 0 Å². The molecule has 1 fully saturated rings. The number of benzene rings is 2. The van der Waals surface area contributed by atoms with Crippen LogP contribution in [-0.2, 0) is 13.6 Å². The molecule has 0 spiro atoms. The number of amides is 1. The van der Waals surface area contributed by atoms with Gasteiger partial charge in [-0.1, -0.05) is 44.2 Å². The molecule has 1 aliphatic rings. The Labute approximate surface area is 193 Å². The number of piperazine rings is 1. The molecule has 5 rings (SSSR count). The molecule has 1 saturated heterocycles. The first-order valence-corrected chi connectivity index (χ1v) is 11.5. The van der Waals surface area contributed by atoms with Crippen molar-refractivity contribution >= 4 is 33.7 Å². The standard InChI is InChI=1S/C23H24N6O2.C2H6/c1-3-29-21(30)17-9-5-4-8-16(17)20(25-29)22(31)27-12-14-28(15-13-27)23-24-18-10-6-7-11-19(18)26(23)2;1-2/h4-11H,3,12-15H2,1-2H3;1-2H3. The molecule has 0 N–H and O–H groups in total. The van der Waals surface area contributed by atoms with Gasteiger partial charge in [0.25, 0.3) is 11.5 Å². The molecule has 0 unspecified atom stereocenters. The van der Waals surface area contributed by atoms with Crippen LogP contribution in [-0.4, -0.2) is 56.3 Å². The minimum absolute atomic E-state index is 0.136. The van der Waals surface area contributed by atoms with Crippen LogP contribution in [0.4, 0.5) is 5.95 Å². The third-order valence-electron chi connectivity index (χ3n) is 5.98. The first kappa shape index (κ1) is 22.5. The average molecular weight is 447 g/mol. The van der Waals surface area contributed by atoms with Crippen molar-refractivity contribution in [3.63, 3.8) is 0 Å². The fourth-order valence-corrected chi connectivity index (χ4v) is 4.28. The fourth-order valence-electron chi connectivity index (χ4n) is 4.28. The summed E-state index contributed by atoms with van der Waals surface area (Å²) in [6.07, 6.45) is 0. The second kappa shape index (κ2) is 9.44. The van der Waals surface area contributed by atoms with Crippen molar-refractivity contribution in [3.8, 4) is 0 Å². The number of rotatable bonds is 3. The summed E-state index contributed by atoms with van der Waals surface area (Å²) >= 11 is 0. The maximum Gasteiger partial charge on any atom is 0.275 e. The van der Waals surface area contributed by atoms with E-state index in [1.807, 2.05) is 63.1 Å². The fraction of sp³-hybridized carbons (Fsp3) is 0.360. The van der Waals surface area contributed by atoms with Crippen LogP contribution in [0.3, 0.4) is 0 Å². The smallest absolute Gasteiger partial charge is 0.275 e. The van der Waals surface area contributed by atoms with Crippen molar-refractivity contribution < 1.29 is 4.79 Å². The summed E-state index contributed by atoms with van der Waals surface area (Å²) in [5.74, 6) is 0.777. The normalized spacial score (nSPS) is 13.8. The van der Waals surface area contributed by atoms with E-state index in [-0.39, 0.29) is 11.5 Å². The summed E-state index contributed by atoms with van der Waals surface area (Å²) in [7, 11) is 2.02. The van der Waals surface area contributed by atoms with Gasteiger partial charge in [-0.3, -0.25) is 9.59 Å². The Kier molecular flexibility index (Phi) is 6.44. The third-order valence-corrected chi connectivity index (χ3v) is 5.98. The zero-order chi connectivity index (χ0) is 23.5. The molecule has 3 heterocycles. The number of carbonyl (C=O) groups excluding carboxylic acids is 1. The molecule has 172 valence electrons. The van der Waals surface area contributed by atoms with Gasteiger partial charge in [-0.05, 0) is 25.1 Å². The molecule has 0 aliphatic carbocycles. The maximum atomic E-state index is 13.4. The highest BCUT2D eigenvalue weighted by Crippen LogP contribution is 2.23. The Morgan fingerprint density at radius 1 is 0.939 bits per heavy atom. The van der Waals surface area contributed by atoms with Crippen molar-refractivity contribution in [2.24, 2.45) is 7.05 Å². The second-order valence-electron chi connectivity index (χ2n) is 7.75. The van der Waals surface area contributed by atoms with Gasteiger partial charge in [0, 0.05) is 45.2 Å². The number of aromatic nitrogens is 4.